The predicted molar refractivity (Wildman–Crippen MR) is 90.4 cm³/mol. The molecule has 0 spiro atoms. The molecule has 1 aliphatic rings. The van der Waals surface area contributed by atoms with Gasteiger partial charge in [0.25, 0.3) is 5.91 Å². The van der Waals surface area contributed by atoms with Crippen molar-refractivity contribution in [3.63, 3.8) is 0 Å². The number of nitrogens with one attached hydrogen (secondary N) is 2. The van der Waals surface area contributed by atoms with Gasteiger partial charge in [-0.15, -0.1) is 0 Å². The smallest absolute Gasteiger partial charge is 0.272 e. The number of likely N-dealkylation sites (tertiary alicyclic amines) is 1. The summed E-state index contributed by atoms with van der Waals surface area (Å²) in [7, 11) is 0. The van der Waals surface area contributed by atoms with Crippen LogP contribution in [0.15, 0.2) is 36.4 Å². The summed E-state index contributed by atoms with van der Waals surface area (Å²) in [5.41, 5.74) is 2.38. The van der Waals surface area contributed by atoms with Gasteiger partial charge in [0.2, 0.25) is 5.91 Å². The second kappa shape index (κ2) is 6.86. The van der Waals surface area contributed by atoms with Gasteiger partial charge in [-0.05, 0) is 17.5 Å². The Bertz CT molecular complexity index is 724. The number of hydrogen-bond acceptors (Lipinski definition) is 3. The Morgan fingerprint density at radius 2 is 2.12 bits per heavy atom. The fourth-order valence-electron chi connectivity index (χ4n) is 2.83. The number of aromatic nitrogens is 2. The zero-order chi connectivity index (χ0) is 17.1. The first-order valence-corrected chi connectivity index (χ1v) is 8.21. The van der Waals surface area contributed by atoms with Gasteiger partial charge in [0, 0.05) is 25.2 Å². The van der Waals surface area contributed by atoms with E-state index in [0.717, 1.165) is 11.3 Å². The van der Waals surface area contributed by atoms with Crippen LogP contribution in [0.4, 0.5) is 0 Å². The van der Waals surface area contributed by atoms with Crippen molar-refractivity contribution in [2.24, 2.45) is 0 Å². The Labute approximate surface area is 141 Å². The third-order valence-electron chi connectivity index (χ3n) is 4.22. The average Bonchev–Trinajstić information content (AvgIpc) is 3.16. The Balaban J connectivity index is 1.58. The molecule has 0 bridgehead atoms. The molecular weight excluding hydrogens is 304 g/mol. The molecule has 24 heavy (non-hydrogen) atoms. The van der Waals surface area contributed by atoms with Crippen LogP contribution < -0.4 is 5.32 Å². The second-order valence-corrected chi connectivity index (χ2v) is 6.50. The minimum Gasteiger partial charge on any atom is -0.346 e. The highest BCUT2D eigenvalue weighted by atomic mass is 16.2. The molecule has 6 nitrogen and oxygen atoms in total. The minimum atomic E-state index is -0.238. The van der Waals surface area contributed by atoms with Crippen molar-refractivity contribution in [1.82, 2.24) is 20.4 Å². The van der Waals surface area contributed by atoms with Crippen LogP contribution in [0.25, 0.3) is 0 Å². The maximum atomic E-state index is 12.3. The summed E-state index contributed by atoms with van der Waals surface area (Å²) >= 11 is 0. The molecule has 1 atom stereocenters. The van der Waals surface area contributed by atoms with Crippen molar-refractivity contribution >= 4 is 11.8 Å². The van der Waals surface area contributed by atoms with Crippen molar-refractivity contribution in [3.05, 3.63) is 53.3 Å². The summed E-state index contributed by atoms with van der Waals surface area (Å²) < 4.78 is 0. The van der Waals surface area contributed by atoms with Crippen molar-refractivity contribution in [3.8, 4) is 0 Å². The van der Waals surface area contributed by atoms with E-state index in [1.54, 1.807) is 11.0 Å². The Morgan fingerprint density at radius 3 is 2.79 bits per heavy atom. The number of hydrogen-bond donors (Lipinski definition) is 2. The van der Waals surface area contributed by atoms with Gasteiger partial charge >= 0.3 is 0 Å². The zero-order valence-corrected chi connectivity index (χ0v) is 14.0. The number of benzene rings is 1. The quantitative estimate of drug-likeness (QED) is 0.883. The third-order valence-corrected chi connectivity index (χ3v) is 4.22. The van der Waals surface area contributed by atoms with E-state index in [0.29, 0.717) is 25.2 Å². The highest BCUT2D eigenvalue weighted by molar-refractivity contribution is 5.93. The van der Waals surface area contributed by atoms with Gasteiger partial charge in [0.1, 0.15) is 5.69 Å². The second-order valence-electron chi connectivity index (χ2n) is 6.50. The SMILES string of the molecule is CC(C)c1cc(C(=O)N[C@H]2CC(=O)N(Cc3ccccc3)C2)n[nH]1. The molecule has 0 saturated carbocycles. The molecule has 0 aliphatic carbocycles. The Hall–Kier alpha value is -2.63. The van der Waals surface area contributed by atoms with E-state index >= 15 is 0 Å². The van der Waals surface area contributed by atoms with Gasteiger partial charge in [-0.1, -0.05) is 44.2 Å². The zero-order valence-electron chi connectivity index (χ0n) is 14.0. The van der Waals surface area contributed by atoms with Crippen molar-refractivity contribution in [2.45, 2.75) is 38.8 Å². The topological polar surface area (TPSA) is 78.1 Å². The number of carbonyl (C=O) groups excluding carboxylic acids is 2. The number of aromatic amines is 1. The lowest BCUT2D eigenvalue weighted by Crippen LogP contribution is -2.37. The van der Waals surface area contributed by atoms with Crippen LogP contribution in [0.2, 0.25) is 0 Å². The molecule has 2 N–H and O–H groups in total. The van der Waals surface area contributed by atoms with E-state index in [-0.39, 0.29) is 23.8 Å². The number of nitrogens with zero attached hydrogens (tertiary/aromatic N) is 2. The highest BCUT2D eigenvalue weighted by Gasteiger charge is 2.31. The average molecular weight is 326 g/mol. The summed E-state index contributed by atoms with van der Waals surface area (Å²) in [6.07, 6.45) is 0.333. The molecular formula is C18H22N4O2. The van der Waals surface area contributed by atoms with E-state index < -0.39 is 0 Å². The lowest BCUT2D eigenvalue weighted by Gasteiger charge is -2.17. The molecule has 126 valence electrons. The summed E-state index contributed by atoms with van der Waals surface area (Å²) in [5, 5.41) is 9.83. The van der Waals surface area contributed by atoms with E-state index in [2.05, 4.69) is 15.5 Å². The predicted octanol–water partition coefficient (Wildman–Crippen LogP) is 2.06. The maximum absolute atomic E-state index is 12.3. The fourth-order valence-corrected chi connectivity index (χ4v) is 2.83. The maximum Gasteiger partial charge on any atom is 0.272 e. The van der Waals surface area contributed by atoms with E-state index in [1.165, 1.54) is 0 Å². The largest absolute Gasteiger partial charge is 0.346 e. The molecule has 1 aromatic heterocycles. The van der Waals surface area contributed by atoms with Gasteiger partial charge in [-0.2, -0.15) is 5.10 Å². The molecule has 3 rings (SSSR count). The first kappa shape index (κ1) is 16.2. The van der Waals surface area contributed by atoms with Crippen molar-refractivity contribution in [2.75, 3.05) is 6.54 Å². The fraction of sp³-hybridized carbons (Fsp3) is 0.389. The van der Waals surface area contributed by atoms with Crippen LogP contribution in [-0.4, -0.2) is 39.5 Å². The van der Waals surface area contributed by atoms with Gasteiger partial charge < -0.3 is 10.2 Å². The summed E-state index contributed by atoms with van der Waals surface area (Å²) in [6.45, 7) is 5.17. The lowest BCUT2D eigenvalue weighted by molar-refractivity contribution is -0.128. The molecule has 2 amide bonds. The van der Waals surface area contributed by atoms with Crippen LogP contribution in [0, 0.1) is 0 Å². The van der Waals surface area contributed by atoms with Gasteiger partial charge in [0.15, 0.2) is 0 Å². The van der Waals surface area contributed by atoms with Crippen molar-refractivity contribution in [1.29, 1.82) is 0 Å². The standard InChI is InChI=1S/C18H22N4O2/c1-12(2)15-9-16(21-20-15)18(24)19-14-8-17(23)22(11-14)10-13-6-4-3-5-7-13/h3-7,9,12,14H,8,10-11H2,1-2H3,(H,19,24)(H,20,21)/t14-/m0/s1. The summed E-state index contributed by atoms with van der Waals surface area (Å²) in [6, 6.07) is 11.4. The van der Waals surface area contributed by atoms with E-state index in [1.807, 2.05) is 44.2 Å². The van der Waals surface area contributed by atoms with Crippen LogP contribution in [0.5, 0.6) is 0 Å². The lowest BCUT2D eigenvalue weighted by atomic mass is 10.1. The van der Waals surface area contributed by atoms with Gasteiger partial charge in [0.05, 0.1) is 6.04 Å². The number of H-pyrrole nitrogens is 1. The number of rotatable bonds is 5. The van der Waals surface area contributed by atoms with Gasteiger partial charge in [-0.25, -0.2) is 0 Å². The molecule has 0 unspecified atom stereocenters. The first-order valence-electron chi connectivity index (χ1n) is 8.21. The molecule has 2 heterocycles. The summed E-state index contributed by atoms with van der Waals surface area (Å²) in [4.78, 5) is 26.2. The first-order chi connectivity index (χ1) is 11.5. The third kappa shape index (κ3) is 3.64. The van der Waals surface area contributed by atoms with Gasteiger partial charge in [-0.3, -0.25) is 14.7 Å². The van der Waals surface area contributed by atoms with Crippen LogP contribution in [0.3, 0.4) is 0 Å². The molecule has 1 aliphatic heterocycles. The number of amides is 2. The van der Waals surface area contributed by atoms with Crippen LogP contribution in [0.1, 0.15) is 47.9 Å². The molecule has 6 heteroatoms. The molecule has 0 radical (unpaired) electrons. The normalized spacial score (nSPS) is 17.5. The Morgan fingerprint density at radius 1 is 1.38 bits per heavy atom. The monoisotopic (exact) mass is 326 g/mol. The molecule has 1 saturated heterocycles. The summed E-state index contributed by atoms with van der Waals surface area (Å²) in [5.74, 6) is 0.111. The molecule has 1 aromatic carbocycles. The molecule has 1 fully saturated rings. The van der Waals surface area contributed by atoms with Crippen LogP contribution >= 0.6 is 0 Å². The van der Waals surface area contributed by atoms with E-state index in [9.17, 15) is 9.59 Å². The van der Waals surface area contributed by atoms with E-state index in [4.69, 9.17) is 0 Å². The van der Waals surface area contributed by atoms with Crippen molar-refractivity contribution < 1.29 is 9.59 Å². The highest BCUT2D eigenvalue weighted by Crippen LogP contribution is 2.16. The minimum absolute atomic E-state index is 0.0639. The Kier molecular flexibility index (Phi) is 4.64. The van der Waals surface area contributed by atoms with Crippen LogP contribution in [-0.2, 0) is 11.3 Å². The number of carbonyl (C=O) groups is 2. The molecule has 2 aromatic rings.